The molecule has 0 radical (unpaired) electrons. The number of hydrogen-bond acceptors (Lipinski definition) is 2. The molecule has 5 heteroatoms. The van der Waals surface area contributed by atoms with Gasteiger partial charge in [-0.15, -0.1) is 6.42 Å². The largest absolute Gasteiger partial charge is 0.341 e. The number of carbonyl (C=O) groups excluding carboxylic acids is 2. The van der Waals surface area contributed by atoms with Crippen LogP contribution in [0, 0.1) is 18.2 Å². The van der Waals surface area contributed by atoms with Crippen molar-refractivity contribution in [1.29, 1.82) is 0 Å². The topological polar surface area (TPSA) is 58.2 Å². The fraction of sp³-hybridized carbons (Fsp3) is 0.167. The van der Waals surface area contributed by atoms with Crippen molar-refractivity contribution in [1.82, 2.24) is 5.32 Å². The molecule has 2 N–H and O–H groups in total. The highest BCUT2D eigenvalue weighted by atomic mass is 19.1. The Morgan fingerprint density at radius 2 is 2.18 bits per heavy atom. The number of hydrogen-bond donors (Lipinski definition) is 2. The fourth-order valence-electron chi connectivity index (χ4n) is 1.21. The summed E-state index contributed by atoms with van der Waals surface area (Å²) < 4.78 is 13.4. The molecule has 0 heterocycles. The van der Waals surface area contributed by atoms with Crippen LogP contribution in [0.25, 0.3) is 0 Å². The molecule has 0 unspecified atom stereocenters. The number of rotatable bonds is 3. The molecule has 0 aliphatic rings. The molecule has 0 aromatic heterocycles. The second-order valence-corrected chi connectivity index (χ2v) is 3.26. The molecule has 17 heavy (non-hydrogen) atoms. The molecular formula is C12H11FN2O2. The van der Waals surface area contributed by atoms with Gasteiger partial charge in [0.25, 0.3) is 5.91 Å². The van der Waals surface area contributed by atoms with Gasteiger partial charge in [0, 0.05) is 12.6 Å². The first kappa shape index (κ1) is 12.7. The van der Waals surface area contributed by atoms with E-state index < -0.39 is 11.7 Å². The number of amides is 2. The molecular weight excluding hydrogens is 223 g/mol. The van der Waals surface area contributed by atoms with Crippen LogP contribution in [-0.4, -0.2) is 18.4 Å². The minimum Gasteiger partial charge on any atom is -0.341 e. The lowest BCUT2D eigenvalue weighted by Crippen LogP contribution is -2.24. The molecule has 0 spiro atoms. The number of terminal acetylenes is 1. The lowest BCUT2D eigenvalue weighted by molar-refractivity contribution is -0.114. The van der Waals surface area contributed by atoms with E-state index in [-0.39, 0.29) is 18.0 Å². The highest BCUT2D eigenvalue weighted by Gasteiger charge is 2.12. The van der Waals surface area contributed by atoms with E-state index in [9.17, 15) is 14.0 Å². The van der Waals surface area contributed by atoms with E-state index in [1.165, 1.54) is 19.1 Å². The second kappa shape index (κ2) is 5.66. The molecule has 0 saturated carbocycles. The number of carbonyl (C=O) groups is 2. The average Bonchev–Trinajstić information content (AvgIpc) is 2.28. The zero-order valence-electron chi connectivity index (χ0n) is 9.21. The van der Waals surface area contributed by atoms with E-state index in [2.05, 4.69) is 16.6 Å². The minimum atomic E-state index is -0.673. The Morgan fingerprint density at radius 3 is 2.76 bits per heavy atom. The minimum absolute atomic E-state index is 0.0165. The van der Waals surface area contributed by atoms with Crippen LogP contribution in [0.3, 0.4) is 0 Å². The summed E-state index contributed by atoms with van der Waals surface area (Å²) in [5, 5.41) is 4.80. The summed E-state index contributed by atoms with van der Waals surface area (Å²) in [5.41, 5.74) is 0.191. The monoisotopic (exact) mass is 234 g/mol. The van der Waals surface area contributed by atoms with Crippen LogP contribution in [-0.2, 0) is 4.79 Å². The number of nitrogens with one attached hydrogen (secondary N) is 2. The smallest absolute Gasteiger partial charge is 0.255 e. The van der Waals surface area contributed by atoms with Crippen molar-refractivity contribution in [3.05, 3.63) is 29.6 Å². The van der Waals surface area contributed by atoms with Crippen LogP contribution in [0.2, 0.25) is 0 Å². The first-order chi connectivity index (χ1) is 8.04. The van der Waals surface area contributed by atoms with E-state index in [1.807, 2.05) is 0 Å². The Bertz CT molecular complexity index is 492. The fourth-order valence-corrected chi connectivity index (χ4v) is 1.21. The predicted octanol–water partition coefficient (Wildman–Crippen LogP) is 1.15. The Labute approximate surface area is 98.2 Å². The van der Waals surface area contributed by atoms with E-state index in [0.29, 0.717) is 5.69 Å². The molecule has 0 saturated heterocycles. The van der Waals surface area contributed by atoms with Crippen LogP contribution in [0.5, 0.6) is 0 Å². The van der Waals surface area contributed by atoms with Crippen molar-refractivity contribution in [3.8, 4) is 12.3 Å². The molecule has 0 aliphatic heterocycles. The Balaban J connectivity index is 2.94. The summed E-state index contributed by atoms with van der Waals surface area (Å²) in [7, 11) is 0. The zero-order chi connectivity index (χ0) is 12.8. The van der Waals surface area contributed by atoms with Gasteiger partial charge in [-0.3, -0.25) is 9.59 Å². The summed E-state index contributed by atoms with van der Waals surface area (Å²) in [4.78, 5) is 22.3. The predicted molar refractivity (Wildman–Crippen MR) is 61.9 cm³/mol. The van der Waals surface area contributed by atoms with E-state index in [1.54, 1.807) is 0 Å². The maximum absolute atomic E-state index is 13.4. The lowest BCUT2D eigenvalue weighted by Gasteiger charge is -2.06. The molecule has 1 aromatic rings. The molecule has 88 valence electrons. The highest BCUT2D eigenvalue weighted by Crippen LogP contribution is 2.14. The molecule has 2 amide bonds. The van der Waals surface area contributed by atoms with Crippen molar-refractivity contribution in [2.45, 2.75) is 6.92 Å². The van der Waals surface area contributed by atoms with Crippen molar-refractivity contribution in [2.24, 2.45) is 0 Å². The molecule has 0 aliphatic carbocycles. The van der Waals surface area contributed by atoms with Crippen molar-refractivity contribution < 1.29 is 14.0 Å². The van der Waals surface area contributed by atoms with Gasteiger partial charge in [0.15, 0.2) is 0 Å². The van der Waals surface area contributed by atoms with Crippen LogP contribution >= 0.6 is 0 Å². The quantitative estimate of drug-likeness (QED) is 0.771. The SMILES string of the molecule is C#CCNC(=O)c1cc(NC(C)=O)ccc1F. The van der Waals surface area contributed by atoms with Gasteiger partial charge < -0.3 is 10.6 Å². The summed E-state index contributed by atoms with van der Waals surface area (Å²) in [6.45, 7) is 1.34. The summed E-state index contributed by atoms with van der Waals surface area (Å²) in [5.74, 6) is 0.621. The first-order valence-electron chi connectivity index (χ1n) is 4.83. The van der Waals surface area contributed by atoms with E-state index in [4.69, 9.17) is 6.42 Å². The van der Waals surface area contributed by atoms with Crippen LogP contribution in [0.4, 0.5) is 10.1 Å². The number of anilines is 1. The Hall–Kier alpha value is -2.35. The summed E-state index contributed by atoms with van der Waals surface area (Å²) >= 11 is 0. The Morgan fingerprint density at radius 1 is 1.47 bits per heavy atom. The number of halogens is 1. The van der Waals surface area contributed by atoms with Gasteiger partial charge in [0.2, 0.25) is 5.91 Å². The van der Waals surface area contributed by atoms with E-state index >= 15 is 0 Å². The van der Waals surface area contributed by atoms with Crippen molar-refractivity contribution in [2.75, 3.05) is 11.9 Å². The molecule has 0 atom stereocenters. The third-order valence-electron chi connectivity index (χ3n) is 1.88. The molecule has 0 bridgehead atoms. The van der Waals surface area contributed by atoms with Crippen LogP contribution < -0.4 is 10.6 Å². The van der Waals surface area contributed by atoms with Gasteiger partial charge >= 0.3 is 0 Å². The average molecular weight is 234 g/mol. The molecule has 1 aromatic carbocycles. The Kier molecular flexibility index (Phi) is 4.23. The molecule has 0 fully saturated rings. The van der Waals surface area contributed by atoms with Gasteiger partial charge in [-0.05, 0) is 18.2 Å². The van der Waals surface area contributed by atoms with Crippen molar-refractivity contribution >= 4 is 17.5 Å². The standard InChI is InChI=1S/C12H11FN2O2/c1-3-6-14-12(17)10-7-9(15-8(2)16)4-5-11(10)13/h1,4-5,7H,6H2,2H3,(H,14,17)(H,15,16). The van der Waals surface area contributed by atoms with Gasteiger partial charge in [0.05, 0.1) is 12.1 Å². The van der Waals surface area contributed by atoms with Gasteiger partial charge in [-0.1, -0.05) is 5.92 Å². The summed E-state index contributed by atoms with van der Waals surface area (Å²) in [6.07, 6.45) is 4.97. The number of benzene rings is 1. The lowest BCUT2D eigenvalue weighted by atomic mass is 10.1. The highest BCUT2D eigenvalue weighted by molar-refractivity contribution is 5.97. The zero-order valence-corrected chi connectivity index (χ0v) is 9.21. The third kappa shape index (κ3) is 3.61. The van der Waals surface area contributed by atoms with Gasteiger partial charge in [0.1, 0.15) is 5.82 Å². The normalized spacial score (nSPS) is 9.24. The maximum atomic E-state index is 13.4. The first-order valence-corrected chi connectivity index (χ1v) is 4.83. The van der Waals surface area contributed by atoms with E-state index in [0.717, 1.165) is 6.07 Å². The maximum Gasteiger partial charge on any atom is 0.255 e. The molecule has 4 nitrogen and oxygen atoms in total. The van der Waals surface area contributed by atoms with Gasteiger partial charge in [-0.25, -0.2) is 4.39 Å². The van der Waals surface area contributed by atoms with Crippen LogP contribution in [0.15, 0.2) is 18.2 Å². The second-order valence-electron chi connectivity index (χ2n) is 3.26. The van der Waals surface area contributed by atoms with Gasteiger partial charge in [-0.2, -0.15) is 0 Å². The molecule has 1 rings (SSSR count). The third-order valence-corrected chi connectivity index (χ3v) is 1.88. The van der Waals surface area contributed by atoms with Crippen LogP contribution in [0.1, 0.15) is 17.3 Å². The van der Waals surface area contributed by atoms with Crippen molar-refractivity contribution in [3.63, 3.8) is 0 Å². The summed E-state index contributed by atoms with van der Waals surface area (Å²) in [6, 6.07) is 3.73.